The van der Waals surface area contributed by atoms with Crippen LogP contribution in [0.5, 0.6) is 0 Å². The van der Waals surface area contributed by atoms with E-state index in [1.54, 1.807) is 4.57 Å². The van der Waals surface area contributed by atoms with E-state index in [9.17, 15) is 4.79 Å². The van der Waals surface area contributed by atoms with Gasteiger partial charge < -0.3 is 0 Å². The van der Waals surface area contributed by atoms with E-state index in [1.165, 1.54) is 0 Å². The molecule has 0 atom stereocenters. The molecule has 0 radical (unpaired) electrons. The van der Waals surface area contributed by atoms with Gasteiger partial charge in [-0.3, -0.25) is 9.13 Å². The van der Waals surface area contributed by atoms with Gasteiger partial charge in [0, 0.05) is 30.9 Å². The Bertz CT molecular complexity index is 387. The quantitative estimate of drug-likeness (QED) is 0.552. The fourth-order valence-electron chi connectivity index (χ4n) is 1.45. The third kappa shape index (κ3) is 1.93. The molecule has 0 aliphatic heterocycles. The third-order valence-corrected chi connectivity index (χ3v) is 2.55. The monoisotopic (exact) mass is 212 g/mol. The summed E-state index contributed by atoms with van der Waals surface area (Å²) in [5.41, 5.74) is 0.0896. The van der Waals surface area contributed by atoms with Crippen molar-refractivity contribution in [3.8, 4) is 0 Å². The first-order valence-electron chi connectivity index (χ1n) is 4.81. The van der Waals surface area contributed by atoms with Crippen LogP contribution in [-0.4, -0.2) is 15.0 Å². The molecule has 1 heterocycles. The SMILES string of the molecule is O=c1n(C/C=C/CCl)ccn1C1CC1. The molecule has 0 spiro atoms. The largest absolute Gasteiger partial charge is 0.328 e. The summed E-state index contributed by atoms with van der Waals surface area (Å²) in [6, 6.07) is 0.459. The second-order valence-electron chi connectivity index (χ2n) is 3.50. The minimum atomic E-state index is 0.0896. The number of imidazole rings is 1. The first kappa shape index (κ1) is 9.59. The zero-order chi connectivity index (χ0) is 9.97. The Kier molecular flexibility index (Phi) is 2.77. The number of hydrogen-bond donors (Lipinski definition) is 0. The van der Waals surface area contributed by atoms with Crippen LogP contribution < -0.4 is 5.69 Å². The van der Waals surface area contributed by atoms with Crippen LogP contribution >= 0.6 is 11.6 Å². The molecule has 1 aliphatic carbocycles. The smallest absolute Gasteiger partial charge is 0.296 e. The molecule has 1 fully saturated rings. The van der Waals surface area contributed by atoms with E-state index in [2.05, 4.69) is 0 Å². The molecule has 1 aromatic rings. The lowest BCUT2D eigenvalue weighted by Crippen LogP contribution is -2.22. The van der Waals surface area contributed by atoms with Gasteiger partial charge in [-0.25, -0.2) is 4.79 Å². The molecule has 0 unspecified atom stereocenters. The van der Waals surface area contributed by atoms with Gasteiger partial charge >= 0.3 is 5.69 Å². The normalized spacial score (nSPS) is 16.6. The molecule has 0 N–H and O–H groups in total. The molecule has 3 nitrogen and oxygen atoms in total. The van der Waals surface area contributed by atoms with Crippen LogP contribution in [0.3, 0.4) is 0 Å². The molecule has 1 aromatic heterocycles. The van der Waals surface area contributed by atoms with Gasteiger partial charge in [0.15, 0.2) is 0 Å². The van der Waals surface area contributed by atoms with Gasteiger partial charge in [0.05, 0.1) is 0 Å². The lowest BCUT2D eigenvalue weighted by Gasteiger charge is -1.96. The molecule has 4 heteroatoms. The van der Waals surface area contributed by atoms with E-state index in [1.807, 2.05) is 29.1 Å². The Morgan fingerprint density at radius 1 is 1.43 bits per heavy atom. The maximum atomic E-state index is 11.7. The van der Waals surface area contributed by atoms with Crippen molar-refractivity contribution >= 4 is 11.6 Å². The fraction of sp³-hybridized carbons (Fsp3) is 0.500. The second-order valence-corrected chi connectivity index (χ2v) is 3.81. The summed E-state index contributed by atoms with van der Waals surface area (Å²) in [4.78, 5) is 11.7. The van der Waals surface area contributed by atoms with E-state index in [0.717, 1.165) is 12.8 Å². The molecule has 2 rings (SSSR count). The van der Waals surface area contributed by atoms with Gasteiger partial charge in [-0.2, -0.15) is 0 Å². The predicted molar refractivity (Wildman–Crippen MR) is 56.8 cm³/mol. The van der Waals surface area contributed by atoms with E-state index in [4.69, 9.17) is 11.6 Å². The predicted octanol–water partition coefficient (Wildman–Crippen LogP) is 1.78. The van der Waals surface area contributed by atoms with Crippen LogP contribution in [0.4, 0.5) is 0 Å². The average Bonchev–Trinajstić information content (AvgIpc) is 2.95. The van der Waals surface area contributed by atoms with E-state index >= 15 is 0 Å². The standard InChI is InChI=1S/C10H13ClN2O/c11-5-1-2-6-12-7-8-13(10(12)14)9-3-4-9/h1-2,7-9H,3-6H2/b2-1+. The minimum Gasteiger partial charge on any atom is -0.296 e. The topological polar surface area (TPSA) is 26.9 Å². The molecule has 0 aromatic carbocycles. The van der Waals surface area contributed by atoms with Crippen molar-refractivity contribution < 1.29 is 0 Å². The highest BCUT2D eigenvalue weighted by Gasteiger charge is 2.25. The zero-order valence-corrected chi connectivity index (χ0v) is 8.65. The Morgan fingerprint density at radius 3 is 2.86 bits per heavy atom. The number of rotatable bonds is 4. The van der Waals surface area contributed by atoms with E-state index < -0.39 is 0 Å². The molecule has 0 saturated heterocycles. The van der Waals surface area contributed by atoms with Crippen molar-refractivity contribution in [2.75, 3.05) is 5.88 Å². The van der Waals surface area contributed by atoms with Crippen molar-refractivity contribution in [1.82, 2.24) is 9.13 Å². The van der Waals surface area contributed by atoms with Crippen molar-refractivity contribution in [2.45, 2.75) is 25.4 Å². The lowest BCUT2D eigenvalue weighted by molar-refractivity contribution is 0.661. The van der Waals surface area contributed by atoms with Gasteiger partial charge in [0.2, 0.25) is 0 Å². The summed E-state index contributed by atoms with van der Waals surface area (Å²) in [6.07, 6.45) is 9.74. The number of halogens is 1. The third-order valence-electron chi connectivity index (χ3n) is 2.37. The molecular weight excluding hydrogens is 200 g/mol. The molecule has 14 heavy (non-hydrogen) atoms. The molecule has 0 amide bonds. The highest BCUT2D eigenvalue weighted by atomic mass is 35.5. The number of hydrogen-bond acceptors (Lipinski definition) is 1. The van der Waals surface area contributed by atoms with E-state index in [-0.39, 0.29) is 5.69 Å². The van der Waals surface area contributed by atoms with Crippen molar-refractivity contribution in [3.05, 3.63) is 35.0 Å². The highest BCUT2D eigenvalue weighted by molar-refractivity contribution is 6.18. The maximum Gasteiger partial charge on any atom is 0.328 e. The van der Waals surface area contributed by atoms with Crippen LogP contribution in [-0.2, 0) is 6.54 Å². The van der Waals surface area contributed by atoms with Gasteiger partial charge in [-0.05, 0) is 12.8 Å². The summed E-state index contributed by atoms with van der Waals surface area (Å²) >= 11 is 5.49. The Morgan fingerprint density at radius 2 is 2.21 bits per heavy atom. The number of nitrogens with zero attached hydrogens (tertiary/aromatic N) is 2. The lowest BCUT2D eigenvalue weighted by atomic mass is 10.5. The second kappa shape index (κ2) is 4.05. The molecule has 0 bridgehead atoms. The van der Waals surface area contributed by atoms with Crippen molar-refractivity contribution in [3.63, 3.8) is 0 Å². The van der Waals surface area contributed by atoms with Crippen LogP contribution in [0, 0.1) is 0 Å². The first-order chi connectivity index (χ1) is 6.83. The average molecular weight is 213 g/mol. The number of aromatic nitrogens is 2. The number of allylic oxidation sites excluding steroid dienone is 2. The Balaban J connectivity index is 2.10. The van der Waals surface area contributed by atoms with Gasteiger partial charge in [-0.1, -0.05) is 12.2 Å². The summed E-state index contributed by atoms with van der Waals surface area (Å²) < 4.78 is 3.51. The summed E-state index contributed by atoms with van der Waals surface area (Å²) in [6.45, 7) is 0.616. The van der Waals surface area contributed by atoms with Crippen LogP contribution in [0.25, 0.3) is 0 Å². The van der Waals surface area contributed by atoms with Crippen LogP contribution in [0.2, 0.25) is 0 Å². The number of alkyl halides is 1. The first-order valence-corrected chi connectivity index (χ1v) is 5.34. The van der Waals surface area contributed by atoms with E-state index in [0.29, 0.717) is 18.5 Å². The Labute approximate surface area is 87.6 Å². The van der Waals surface area contributed by atoms with Gasteiger partial charge in [0.1, 0.15) is 0 Å². The van der Waals surface area contributed by atoms with Gasteiger partial charge in [0.25, 0.3) is 0 Å². The zero-order valence-electron chi connectivity index (χ0n) is 7.90. The summed E-state index contributed by atoms with van der Waals surface area (Å²) in [5, 5.41) is 0. The minimum absolute atomic E-state index is 0.0896. The van der Waals surface area contributed by atoms with Crippen molar-refractivity contribution in [2.24, 2.45) is 0 Å². The van der Waals surface area contributed by atoms with Crippen LogP contribution in [0.15, 0.2) is 29.3 Å². The highest BCUT2D eigenvalue weighted by Crippen LogP contribution is 2.33. The Hall–Kier alpha value is -0.960. The summed E-state index contributed by atoms with van der Waals surface area (Å²) in [5.74, 6) is 0.498. The van der Waals surface area contributed by atoms with Crippen LogP contribution in [0.1, 0.15) is 18.9 Å². The molecular formula is C10H13ClN2O. The molecule has 1 aliphatic rings. The van der Waals surface area contributed by atoms with Crippen molar-refractivity contribution in [1.29, 1.82) is 0 Å². The molecule has 1 saturated carbocycles. The maximum absolute atomic E-state index is 11.7. The fourth-order valence-corrected chi connectivity index (χ4v) is 1.57. The van der Waals surface area contributed by atoms with Gasteiger partial charge in [-0.15, -0.1) is 11.6 Å². The summed E-state index contributed by atoms with van der Waals surface area (Å²) in [7, 11) is 0. The molecule has 76 valence electrons.